The molecule has 4 aliphatic carbocycles. The van der Waals surface area contributed by atoms with Crippen molar-refractivity contribution in [3.63, 3.8) is 0 Å². The van der Waals surface area contributed by atoms with Gasteiger partial charge in [0.25, 0.3) is 5.91 Å². The van der Waals surface area contributed by atoms with Crippen molar-refractivity contribution in [2.45, 2.75) is 51.5 Å². The topological polar surface area (TPSA) is 38.3 Å². The van der Waals surface area contributed by atoms with Crippen molar-refractivity contribution >= 4 is 17.5 Å². The van der Waals surface area contributed by atoms with E-state index in [2.05, 4.69) is 12.2 Å². The van der Waals surface area contributed by atoms with E-state index in [1.54, 1.807) is 12.1 Å². The number of benzene rings is 1. The van der Waals surface area contributed by atoms with Crippen LogP contribution < -0.4 is 10.1 Å². The van der Waals surface area contributed by atoms with Crippen LogP contribution in [0.1, 0.15) is 45.4 Å². The molecule has 1 atom stereocenters. The van der Waals surface area contributed by atoms with Crippen LogP contribution in [-0.2, 0) is 4.79 Å². The van der Waals surface area contributed by atoms with Crippen LogP contribution in [0.15, 0.2) is 24.3 Å². The SMILES string of the molecule is C[C@@H](NC(=O)COc1ccccc1Cl)C12CC3CC(CC(C3)C1)C2. The molecule has 0 saturated heterocycles. The van der Waals surface area contributed by atoms with Crippen LogP contribution in [0.25, 0.3) is 0 Å². The van der Waals surface area contributed by atoms with Gasteiger partial charge in [0.05, 0.1) is 5.02 Å². The van der Waals surface area contributed by atoms with Gasteiger partial charge < -0.3 is 10.1 Å². The second-order valence-corrected chi connectivity index (χ2v) is 8.70. The molecule has 0 unspecified atom stereocenters. The number of hydrogen-bond acceptors (Lipinski definition) is 2. The first kappa shape index (κ1) is 16.3. The maximum atomic E-state index is 12.4. The van der Waals surface area contributed by atoms with E-state index in [0.717, 1.165) is 17.8 Å². The second kappa shape index (κ2) is 6.25. The molecular weight excluding hydrogens is 322 g/mol. The monoisotopic (exact) mass is 347 g/mol. The highest BCUT2D eigenvalue weighted by atomic mass is 35.5. The number of nitrogens with one attached hydrogen (secondary N) is 1. The maximum Gasteiger partial charge on any atom is 0.258 e. The lowest BCUT2D eigenvalue weighted by Crippen LogP contribution is -2.56. The fourth-order valence-corrected chi connectivity index (χ4v) is 6.04. The Morgan fingerprint density at radius 2 is 1.79 bits per heavy atom. The minimum Gasteiger partial charge on any atom is -0.482 e. The normalized spacial score (nSPS) is 34.8. The molecule has 1 aromatic carbocycles. The van der Waals surface area contributed by atoms with E-state index in [4.69, 9.17) is 16.3 Å². The molecule has 4 bridgehead atoms. The third-order valence-corrected chi connectivity index (χ3v) is 6.89. The van der Waals surface area contributed by atoms with E-state index in [1.165, 1.54) is 38.5 Å². The predicted octanol–water partition coefficient (Wildman–Crippen LogP) is 4.44. The summed E-state index contributed by atoms with van der Waals surface area (Å²) in [4.78, 5) is 12.4. The van der Waals surface area contributed by atoms with Gasteiger partial charge in [0, 0.05) is 6.04 Å². The minimum absolute atomic E-state index is 0.0282. The number of carbonyl (C=O) groups is 1. The molecule has 4 heteroatoms. The highest BCUT2D eigenvalue weighted by Crippen LogP contribution is 2.61. The van der Waals surface area contributed by atoms with E-state index in [9.17, 15) is 4.79 Å². The van der Waals surface area contributed by atoms with Crippen LogP contribution in [0.5, 0.6) is 5.75 Å². The molecule has 1 amide bonds. The van der Waals surface area contributed by atoms with Crippen molar-refractivity contribution < 1.29 is 9.53 Å². The Balaban J connectivity index is 1.35. The number of halogens is 1. The zero-order chi connectivity index (χ0) is 16.7. The summed E-state index contributed by atoms with van der Waals surface area (Å²) < 4.78 is 5.57. The summed E-state index contributed by atoms with van der Waals surface area (Å²) in [5.41, 5.74) is 0.328. The largest absolute Gasteiger partial charge is 0.482 e. The maximum absolute atomic E-state index is 12.4. The molecule has 24 heavy (non-hydrogen) atoms. The highest BCUT2D eigenvalue weighted by Gasteiger charge is 2.53. The van der Waals surface area contributed by atoms with Crippen LogP contribution in [0.3, 0.4) is 0 Å². The van der Waals surface area contributed by atoms with Crippen LogP contribution in [-0.4, -0.2) is 18.6 Å². The van der Waals surface area contributed by atoms with Gasteiger partial charge in [0.2, 0.25) is 0 Å². The summed E-state index contributed by atoms with van der Waals surface area (Å²) in [6.45, 7) is 2.22. The van der Waals surface area contributed by atoms with E-state index in [0.29, 0.717) is 16.2 Å². The molecular formula is C20H26ClNO2. The molecule has 130 valence electrons. The molecule has 0 spiro atoms. The van der Waals surface area contributed by atoms with Crippen LogP contribution in [0, 0.1) is 23.2 Å². The molecule has 4 aliphatic rings. The van der Waals surface area contributed by atoms with Crippen LogP contribution in [0.2, 0.25) is 5.02 Å². The first-order valence-corrected chi connectivity index (χ1v) is 9.58. The molecule has 4 saturated carbocycles. The Kier molecular flexibility index (Phi) is 4.24. The number of carbonyl (C=O) groups excluding carboxylic acids is 1. The lowest BCUT2D eigenvalue weighted by Gasteiger charge is -2.59. The van der Waals surface area contributed by atoms with Gasteiger partial charge in [-0.15, -0.1) is 0 Å². The number of amides is 1. The van der Waals surface area contributed by atoms with Crippen molar-refractivity contribution in [3.05, 3.63) is 29.3 Å². The summed E-state index contributed by atoms with van der Waals surface area (Å²) in [5.74, 6) is 3.22. The zero-order valence-corrected chi connectivity index (χ0v) is 15.0. The van der Waals surface area contributed by atoms with Crippen molar-refractivity contribution in [1.29, 1.82) is 0 Å². The van der Waals surface area contributed by atoms with Gasteiger partial charge in [0.15, 0.2) is 6.61 Å². The average Bonchev–Trinajstić information content (AvgIpc) is 2.53. The predicted molar refractivity (Wildman–Crippen MR) is 95.2 cm³/mol. The van der Waals surface area contributed by atoms with E-state index >= 15 is 0 Å². The molecule has 1 N–H and O–H groups in total. The van der Waals surface area contributed by atoms with Crippen LogP contribution >= 0.6 is 11.6 Å². The number of ether oxygens (including phenoxy) is 1. The summed E-state index contributed by atoms with van der Waals surface area (Å²) in [6, 6.07) is 7.50. The molecule has 0 aliphatic heterocycles. The molecule has 0 aromatic heterocycles. The standard InChI is InChI=1S/C20H26ClNO2/c1-13(20-9-14-6-15(10-20)8-16(7-14)11-20)22-19(23)12-24-18-5-3-2-4-17(18)21/h2-5,13-16H,6-12H2,1H3,(H,22,23)/t13-,14?,15?,16?,20?/m1/s1. The molecule has 3 nitrogen and oxygen atoms in total. The Hall–Kier alpha value is -1.22. The van der Waals surface area contributed by atoms with Gasteiger partial charge in [-0.1, -0.05) is 23.7 Å². The van der Waals surface area contributed by atoms with E-state index in [-0.39, 0.29) is 18.6 Å². The molecule has 0 radical (unpaired) electrons. The Bertz CT molecular complexity index is 595. The Labute approximate surface area is 149 Å². The number of hydrogen-bond donors (Lipinski definition) is 1. The molecule has 0 heterocycles. The second-order valence-electron chi connectivity index (χ2n) is 8.29. The fraction of sp³-hybridized carbons (Fsp3) is 0.650. The molecule has 1 aromatic rings. The first-order valence-electron chi connectivity index (χ1n) is 9.21. The minimum atomic E-state index is -0.0434. The quantitative estimate of drug-likeness (QED) is 0.855. The van der Waals surface area contributed by atoms with Gasteiger partial charge >= 0.3 is 0 Å². The van der Waals surface area contributed by atoms with E-state index in [1.807, 2.05) is 12.1 Å². The van der Waals surface area contributed by atoms with Crippen molar-refractivity contribution in [3.8, 4) is 5.75 Å². The summed E-state index contributed by atoms with van der Waals surface area (Å²) >= 11 is 6.07. The smallest absolute Gasteiger partial charge is 0.258 e. The lowest BCUT2D eigenvalue weighted by molar-refractivity contribution is -0.127. The molecule has 5 rings (SSSR count). The van der Waals surface area contributed by atoms with Gasteiger partial charge in [-0.2, -0.15) is 0 Å². The average molecular weight is 348 g/mol. The summed E-state index contributed by atoms with van der Waals surface area (Å²) in [6.07, 6.45) is 8.17. The highest BCUT2D eigenvalue weighted by molar-refractivity contribution is 6.32. The van der Waals surface area contributed by atoms with Crippen LogP contribution in [0.4, 0.5) is 0 Å². The van der Waals surface area contributed by atoms with Crippen molar-refractivity contribution in [2.24, 2.45) is 23.2 Å². The number of rotatable bonds is 5. The van der Waals surface area contributed by atoms with Gasteiger partial charge in [-0.05, 0) is 80.8 Å². The van der Waals surface area contributed by atoms with Crippen molar-refractivity contribution in [2.75, 3.05) is 6.61 Å². The summed E-state index contributed by atoms with van der Waals surface area (Å²) in [5, 5.41) is 3.76. The third-order valence-electron chi connectivity index (χ3n) is 6.58. The molecule has 4 fully saturated rings. The van der Waals surface area contributed by atoms with E-state index < -0.39 is 0 Å². The Morgan fingerprint density at radius 3 is 2.38 bits per heavy atom. The van der Waals surface area contributed by atoms with Gasteiger partial charge in [-0.25, -0.2) is 0 Å². The zero-order valence-electron chi connectivity index (χ0n) is 14.3. The third kappa shape index (κ3) is 3.03. The van der Waals surface area contributed by atoms with Gasteiger partial charge in [-0.3, -0.25) is 4.79 Å². The fourth-order valence-electron chi connectivity index (χ4n) is 5.85. The first-order chi connectivity index (χ1) is 11.5. The Morgan fingerprint density at radius 1 is 1.21 bits per heavy atom. The van der Waals surface area contributed by atoms with Gasteiger partial charge in [0.1, 0.15) is 5.75 Å². The summed E-state index contributed by atoms with van der Waals surface area (Å²) in [7, 11) is 0. The number of para-hydroxylation sites is 1. The lowest BCUT2D eigenvalue weighted by atomic mass is 9.48. The van der Waals surface area contributed by atoms with Crippen molar-refractivity contribution in [1.82, 2.24) is 5.32 Å².